The van der Waals surface area contributed by atoms with Crippen LogP contribution in [0.25, 0.3) is 0 Å². The Morgan fingerprint density at radius 1 is 0.750 bits per heavy atom. The average Bonchev–Trinajstić information content (AvgIpc) is 2.56. The molecule has 0 saturated heterocycles. The first-order valence-electron chi connectivity index (χ1n) is 6.96. The molecule has 24 heavy (non-hydrogen) atoms. The van der Waals surface area contributed by atoms with Gasteiger partial charge in [0.1, 0.15) is 17.5 Å². The largest absolute Gasteiger partial charge is 0.419 e. The highest BCUT2D eigenvalue weighted by atomic mass is 19.4. The van der Waals surface area contributed by atoms with Crippen molar-refractivity contribution >= 4 is 23.1 Å². The molecule has 0 aliphatic heterocycles. The van der Waals surface area contributed by atoms with Crippen LogP contribution >= 0.6 is 0 Å². The smallest absolute Gasteiger partial charge is 0.340 e. The zero-order valence-corrected chi connectivity index (χ0v) is 12.2. The molecule has 0 aliphatic rings. The van der Waals surface area contributed by atoms with Crippen LogP contribution in [0.15, 0.2) is 61.1 Å². The van der Waals surface area contributed by atoms with Crippen LogP contribution in [0.2, 0.25) is 0 Å². The summed E-state index contributed by atoms with van der Waals surface area (Å²) < 4.78 is 39.5. The molecule has 8 heteroatoms. The SMILES string of the molecule is FC(F)(F)c1cnc(Nc2ccccn2)cc1Nc1ccccn1. The van der Waals surface area contributed by atoms with Crippen molar-refractivity contribution in [1.82, 2.24) is 15.0 Å². The summed E-state index contributed by atoms with van der Waals surface area (Å²) in [6.07, 6.45) is -0.701. The van der Waals surface area contributed by atoms with Crippen molar-refractivity contribution in [3.05, 3.63) is 66.6 Å². The van der Waals surface area contributed by atoms with Gasteiger partial charge in [0.2, 0.25) is 0 Å². The molecule has 0 aliphatic carbocycles. The zero-order valence-electron chi connectivity index (χ0n) is 12.2. The molecular weight excluding hydrogens is 319 g/mol. The van der Waals surface area contributed by atoms with Crippen LogP contribution in [-0.4, -0.2) is 15.0 Å². The van der Waals surface area contributed by atoms with Crippen LogP contribution in [-0.2, 0) is 6.18 Å². The zero-order chi connectivity index (χ0) is 17.0. The number of aromatic nitrogens is 3. The molecule has 122 valence electrons. The summed E-state index contributed by atoms with van der Waals surface area (Å²) in [6.45, 7) is 0. The van der Waals surface area contributed by atoms with Crippen LogP contribution < -0.4 is 10.6 Å². The number of halogens is 3. The minimum Gasteiger partial charge on any atom is -0.340 e. The van der Waals surface area contributed by atoms with E-state index in [9.17, 15) is 13.2 Å². The fraction of sp³-hybridized carbons (Fsp3) is 0.0625. The molecule has 0 spiro atoms. The van der Waals surface area contributed by atoms with Gasteiger partial charge in [0.05, 0.1) is 11.3 Å². The molecule has 3 aromatic rings. The van der Waals surface area contributed by atoms with Gasteiger partial charge in [-0.2, -0.15) is 13.2 Å². The lowest BCUT2D eigenvalue weighted by molar-refractivity contribution is -0.137. The highest BCUT2D eigenvalue weighted by Gasteiger charge is 2.34. The van der Waals surface area contributed by atoms with Crippen LogP contribution in [0, 0.1) is 0 Å². The number of anilines is 4. The van der Waals surface area contributed by atoms with E-state index in [1.165, 1.54) is 12.3 Å². The van der Waals surface area contributed by atoms with Gasteiger partial charge in [0.25, 0.3) is 0 Å². The fourth-order valence-corrected chi connectivity index (χ4v) is 2.00. The number of nitrogens with zero attached hydrogens (tertiary/aromatic N) is 3. The number of pyridine rings is 3. The summed E-state index contributed by atoms with van der Waals surface area (Å²) >= 11 is 0. The molecule has 0 saturated carbocycles. The molecule has 2 N–H and O–H groups in total. The molecule has 0 aromatic carbocycles. The molecule has 0 amide bonds. The lowest BCUT2D eigenvalue weighted by Crippen LogP contribution is -2.11. The minimum absolute atomic E-state index is 0.144. The highest BCUT2D eigenvalue weighted by molar-refractivity contribution is 5.66. The van der Waals surface area contributed by atoms with Gasteiger partial charge in [-0.05, 0) is 24.3 Å². The Labute approximate surface area is 135 Å². The van der Waals surface area contributed by atoms with Gasteiger partial charge in [-0.1, -0.05) is 12.1 Å². The van der Waals surface area contributed by atoms with Crippen molar-refractivity contribution in [3.8, 4) is 0 Å². The molecule has 0 radical (unpaired) electrons. The van der Waals surface area contributed by atoms with E-state index in [1.807, 2.05) is 0 Å². The third kappa shape index (κ3) is 3.78. The molecule has 0 fully saturated rings. The Balaban J connectivity index is 1.94. The second-order valence-electron chi connectivity index (χ2n) is 4.79. The Bertz CT molecular complexity index is 807. The van der Waals surface area contributed by atoms with E-state index in [0.717, 1.165) is 6.20 Å². The van der Waals surface area contributed by atoms with Crippen molar-refractivity contribution in [2.75, 3.05) is 10.6 Å². The quantitative estimate of drug-likeness (QED) is 0.743. The first kappa shape index (κ1) is 15.7. The number of nitrogens with one attached hydrogen (secondary N) is 2. The molecule has 3 rings (SSSR count). The predicted molar refractivity (Wildman–Crippen MR) is 84.3 cm³/mol. The third-order valence-electron chi connectivity index (χ3n) is 3.06. The second kappa shape index (κ2) is 6.53. The van der Waals surface area contributed by atoms with Crippen molar-refractivity contribution in [2.24, 2.45) is 0 Å². The van der Waals surface area contributed by atoms with Crippen LogP contribution in [0.4, 0.5) is 36.3 Å². The summed E-state index contributed by atoms with van der Waals surface area (Å²) in [4.78, 5) is 11.8. The van der Waals surface area contributed by atoms with Crippen LogP contribution in [0.5, 0.6) is 0 Å². The summed E-state index contributed by atoms with van der Waals surface area (Å²) in [7, 11) is 0. The normalized spacial score (nSPS) is 11.1. The van der Waals surface area contributed by atoms with E-state index in [1.54, 1.807) is 42.6 Å². The van der Waals surface area contributed by atoms with Gasteiger partial charge in [-0.25, -0.2) is 15.0 Å². The van der Waals surface area contributed by atoms with E-state index in [0.29, 0.717) is 11.6 Å². The topological polar surface area (TPSA) is 62.7 Å². The molecule has 5 nitrogen and oxygen atoms in total. The number of hydrogen-bond donors (Lipinski definition) is 2. The maximum Gasteiger partial charge on any atom is 0.419 e. The van der Waals surface area contributed by atoms with Crippen LogP contribution in [0.3, 0.4) is 0 Å². The highest BCUT2D eigenvalue weighted by Crippen LogP contribution is 2.36. The van der Waals surface area contributed by atoms with E-state index in [4.69, 9.17) is 0 Å². The summed E-state index contributed by atoms with van der Waals surface area (Å²) in [5.41, 5.74) is -1.02. The Morgan fingerprint density at radius 2 is 1.38 bits per heavy atom. The lowest BCUT2D eigenvalue weighted by atomic mass is 10.2. The van der Waals surface area contributed by atoms with Crippen molar-refractivity contribution in [2.45, 2.75) is 6.18 Å². The molecule has 0 atom stereocenters. The number of hydrogen-bond acceptors (Lipinski definition) is 5. The van der Waals surface area contributed by atoms with Gasteiger partial charge in [-0.3, -0.25) is 0 Å². The average molecular weight is 331 g/mol. The minimum atomic E-state index is -4.53. The van der Waals surface area contributed by atoms with E-state index >= 15 is 0 Å². The molecule has 3 heterocycles. The first-order valence-corrected chi connectivity index (χ1v) is 6.96. The summed E-state index contributed by atoms with van der Waals surface area (Å²) in [6, 6.07) is 11.4. The second-order valence-corrected chi connectivity index (χ2v) is 4.79. The van der Waals surface area contributed by atoms with Gasteiger partial charge in [-0.15, -0.1) is 0 Å². The standard InChI is InChI=1S/C16H12F3N5/c17-16(18,19)11-10-22-15(24-14-6-2-4-8-21-14)9-12(11)23-13-5-1-3-7-20-13/h1-10H,(H2,20,21,22,23,24). The number of rotatable bonds is 4. The molecule has 3 aromatic heterocycles. The van der Waals surface area contributed by atoms with Crippen molar-refractivity contribution < 1.29 is 13.2 Å². The van der Waals surface area contributed by atoms with Crippen LogP contribution in [0.1, 0.15) is 5.56 Å². The molecular formula is C16H12F3N5. The maximum atomic E-state index is 13.2. The summed E-state index contributed by atoms with van der Waals surface area (Å²) in [5.74, 6) is 1.02. The summed E-state index contributed by atoms with van der Waals surface area (Å²) in [5, 5.41) is 5.53. The molecule has 0 bridgehead atoms. The van der Waals surface area contributed by atoms with Gasteiger partial charge >= 0.3 is 6.18 Å². The Kier molecular flexibility index (Phi) is 4.28. The Hall–Kier alpha value is -3.16. The first-order chi connectivity index (χ1) is 11.5. The predicted octanol–water partition coefficient (Wildman–Crippen LogP) is 4.38. The van der Waals surface area contributed by atoms with E-state index in [2.05, 4.69) is 25.6 Å². The number of alkyl halides is 3. The fourth-order valence-electron chi connectivity index (χ4n) is 2.00. The van der Waals surface area contributed by atoms with E-state index < -0.39 is 11.7 Å². The maximum absolute atomic E-state index is 13.2. The monoisotopic (exact) mass is 331 g/mol. The third-order valence-corrected chi connectivity index (χ3v) is 3.06. The van der Waals surface area contributed by atoms with E-state index in [-0.39, 0.29) is 11.5 Å². The Morgan fingerprint density at radius 3 is 1.92 bits per heavy atom. The van der Waals surface area contributed by atoms with Gasteiger partial charge in [0, 0.05) is 24.7 Å². The van der Waals surface area contributed by atoms with Gasteiger partial charge < -0.3 is 10.6 Å². The molecule has 0 unspecified atom stereocenters. The van der Waals surface area contributed by atoms with Gasteiger partial charge in [0.15, 0.2) is 0 Å². The lowest BCUT2D eigenvalue weighted by Gasteiger charge is -2.15. The van der Waals surface area contributed by atoms with Crippen molar-refractivity contribution in [1.29, 1.82) is 0 Å². The van der Waals surface area contributed by atoms with Crippen molar-refractivity contribution in [3.63, 3.8) is 0 Å².